The Labute approximate surface area is 90.7 Å². The van der Waals surface area contributed by atoms with E-state index >= 15 is 0 Å². The van der Waals surface area contributed by atoms with Crippen molar-refractivity contribution in [3.8, 4) is 5.75 Å². The van der Waals surface area contributed by atoms with Crippen molar-refractivity contribution in [3.63, 3.8) is 0 Å². The van der Waals surface area contributed by atoms with Gasteiger partial charge in [-0.3, -0.25) is 0 Å². The Morgan fingerprint density at radius 3 is 2.73 bits per heavy atom. The second-order valence-corrected chi connectivity index (χ2v) is 3.10. The van der Waals surface area contributed by atoms with E-state index < -0.39 is 11.8 Å². The van der Waals surface area contributed by atoms with Gasteiger partial charge < -0.3 is 9.84 Å². The van der Waals surface area contributed by atoms with Crippen LogP contribution in [0.3, 0.4) is 0 Å². The van der Waals surface area contributed by atoms with Gasteiger partial charge in [-0.2, -0.15) is 4.39 Å². The number of hydrogen-bond donors (Lipinski definition) is 1. The fourth-order valence-corrected chi connectivity index (χ4v) is 1.25. The molecule has 1 aromatic rings. The highest BCUT2D eigenvalue weighted by molar-refractivity contribution is 6.32. The van der Waals surface area contributed by atoms with Gasteiger partial charge in [-0.1, -0.05) is 17.7 Å². The molecule has 0 atom stereocenters. The third-order valence-corrected chi connectivity index (χ3v) is 1.97. The molecule has 0 saturated carbocycles. The quantitative estimate of drug-likeness (QED) is 0.813. The summed E-state index contributed by atoms with van der Waals surface area (Å²) in [5.41, 5.74) is 0.362. The number of carbonyl (C=O) groups is 1. The van der Waals surface area contributed by atoms with Crippen LogP contribution in [0.2, 0.25) is 5.02 Å². The first-order chi connectivity index (χ1) is 7.04. The molecule has 5 heteroatoms. The molecular formula is C10H8ClFO3. The Bertz CT molecular complexity index is 415. The lowest BCUT2D eigenvalue weighted by molar-refractivity contribution is -0.134. The number of aliphatic carboxylic acids is 1. The minimum Gasteiger partial charge on any atom is -0.495 e. The van der Waals surface area contributed by atoms with Crippen LogP contribution < -0.4 is 4.74 Å². The topological polar surface area (TPSA) is 46.5 Å². The lowest BCUT2D eigenvalue weighted by Crippen LogP contribution is -1.94. The molecule has 0 aromatic heterocycles. The molecule has 0 amide bonds. The third kappa shape index (κ3) is 2.95. The number of carboxylic acids is 1. The van der Waals surface area contributed by atoms with E-state index in [2.05, 4.69) is 0 Å². The zero-order chi connectivity index (χ0) is 11.4. The largest absolute Gasteiger partial charge is 0.495 e. The summed E-state index contributed by atoms with van der Waals surface area (Å²) in [6.45, 7) is 0. The monoisotopic (exact) mass is 230 g/mol. The number of methoxy groups -OCH3 is 1. The molecule has 1 rings (SSSR count). The maximum absolute atomic E-state index is 12.7. The molecule has 0 aliphatic heterocycles. The molecule has 0 aliphatic rings. The number of carboxylic acid groups (broad SMARTS) is 1. The average Bonchev–Trinajstić information content (AvgIpc) is 2.18. The lowest BCUT2D eigenvalue weighted by atomic mass is 10.2. The molecule has 0 heterocycles. The molecule has 0 saturated heterocycles. The highest BCUT2D eigenvalue weighted by atomic mass is 35.5. The highest BCUT2D eigenvalue weighted by Gasteiger charge is 2.06. The van der Waals surface area contributed by atoms with E-state index in [1.807, 2.05) is 0 Å². The molecule has 80 valence electrons. The zero-order valence-electron chi connectivity index (χ0n) is 7.83. The summed E-state index contributed by atoms with van der Waals surface area (Å²) in [5.74, 6) is -2.40. The van der Waals surface area contributed by atoms with Crippen molar-refractivity contribution in [1.29, 1.82) is 0 Å². The van der Waals surface area contributed by atoms with Crippen molar-refractivity contribution in [1.82, 2.24) is 0 Å². The van der Waals surface area contributed by atoms with Gasteiger partial charge >= 0.3 is 5.97 Å². The normalized spacial score (nSPS) is 11.3. The molecule has 0 bridgehead atoms. The first kappa shape index (κ1) is 11.5. The zero-order valence-corrected chi connectivity index (χ0v) is 8.58. The van der Waals surface area contributed by atoms with E-state index in [0.717, 1.165) is 6.08 Å². The van der Waals surface area contributed by atoms with Crippen LogP contribution in [-0.4, -0.2) is 18.2 Å². The Balaban J connectivity index is 3.03. The Morgan fingerprint density at radius 1 is 1.60 bits per heavy atom. The Kier molecular flexibility index (Phi) is 3.68. The third-order valence-electron chi connectivity index (χ3n) is 1.67. The summed E-state index contributed by atoms with van der Waals surface area (Å²) in [4.78, 5) is 10.2. The average molecular weight is 231 g/mol. The molecule has 0 spiro atoms. The summed E-state index contributed by atoms with van der Waals surface area (Å²) >= 11 is 5.77. The molecule has 1 N–H and O–H groups in total. The first-order valence-corrected chi connectivity index (χ1v) is 4.36. The van der Waals surface area contributed by atoms with E-state index in [0.29, 0.717) is 16.3 Å². The molecule has 1 aromatic carbocycles. The van der Waals surface area contributed by atoms with Crippen LogP contribution in [0.15, 0.2) is 24.0 Å². The summed E-state index contributed by atoms with van der Waals surface area (Å²) in [5, 5.41) is 8.61. The van der Waals surface area contributed by atoms with Crippen LogP contribution in [0.25, 0.3) is 6.08 Å². The van der Waals surface area contributed by atoms with Gasteiger partial charge in [0.1, 0.15) is 5.75 Å². The van der Waals surface area contributed by atoms with E-state index in [1.165, 1.54) is 25.3 Å². The summed E-state index contributed by atoms with van der Waals surface area (Å²) in [6.07, 6.45) is 0.883. The van der Waals surface area contributed by atoms with E-state index in [4.69, 9.17) is 21.4 Å². The van der Waals surface area contributed by atoms with Crippen LogP contribution in [0.5, 0.6) is 5.75 Å². The van der Waals surface area contributed by atoms with Crippen molar-refractivity contribution in [3.05, 3.63) is 34.6 Å². The van der Waals surface area contributed by atoms with Crippen molar-refractivity contribution >= 4 is 23.6 Å². The van der Waals surface area contributed by atoms with Gasteiger partial charge in [-0.15, -0.1) is 0 Å². The van der Waals surface area contributed by atoms with E-state index in [9.17, 15) is 9.18 Å². The van der Waals surface area contributed by atoms with Crippen LogP contribution in [0.4, 0.5) is 4.39 Å². The SMILES string of the molecule is COc1ccc(C=C(F)C(=O)O)cc1Cl. The van der Waals surface area contributed by atoms with Gasteiger partial charge in [0.25, 0.3) is 0 Å². The number of benzene rings is 1. The summed E-state index contributed by atoms with van der Waals surface area (Å²) in [7, 11) is 1.45. The van der Waals surface area contributed by atoms with Gasteiger partial charge in [0.15, 0.2) is 0 Å². The van der Waals surface area contributed by atoms with Gasteiger partial charge in [0, 0.05) is 0 Å². The van der Waals surface area contributed by atoms with Crippen molar-refractivity contribution in [2.45, 2.75) is 0 Å². The van der Waals surface area contributed by atoms with Crippen LogP contribution in [0, 0.1) is 0 Å². The summed E-state index contributed by atoms with van der Waals surface area (Å²) < 4.78 is 17.6. The van der Waals surface area contributed by atoms with Gasteiger partial charge in [0.05, 0.1) is 12.1 Å². The fraction of sp³-hybridized carbons (Fsp3) is 0.100. The second-order valence-electron chi connectivity index (χ2n) is 2.69. The molecular weight excluding hydrogens is 223 g/mol. The van der Waals surface area contributed by atoms with Crippen molar-refractivity contribution < 1.29 is 19.0 Å². The summed E-state index contributed by atoms with van der Waals surface area (Å²) in [6, 6.07) is 4.46. The number of hydrogen-bond acceptors (Lipinski definition) is 2. The van der Waals surface area contributed by atoms with E-state index in [-0.39, 0.29) is 0 Å². The Hall–Kier alpha value is -1.55. The molecule has 15 heavy (non-hydrogen) atoms. The van der Waals surface area contributed by atoms with Crippen molar-refractivity contribution in [2.24, 2.45) is 0 Å². The van der Waals surface area contributed by atoms with Gasteiger partial charge in [0.2, 0.25) is 5.83 Å². The van der Waals surface area contributed by atoms with Gasteiger partial charge in [-0.25, -0.2) is 4.79 Å². The van der Waals surface area contributed by atoms with Crippen LogP contribution >= 0.6 is 11.6 Å². The molecule has 0 unspecified atom stereocenters. The van der Waals surface area contributed by atoms with E-state index in [1.54, 1.807) is 0 Å². The second kappa shape index (κ2) is 4.79. The van der Waals surface area contributed by atoms with Gasteiger partial charge in [-0.05, 0) is 23.8 Å². The maximum Gasteiger partial charge on any atom is 0.364 e. The number of ether oxygens (including phenoxy) is 1. The Morgan fingerprint density at radius 2 is 2.27 bits per heavy atom. The first-order valence-electron chi connectivity index (χ1n) is 3.98. The maximum atomic E-state index is 12.7. The molecule has 0 radical (unpaired) electrons. The molecule has 0 aliphatic carbocycles. The minimum absolute atomic E-state index is 0.296. The molecule has 3 nitrogen and oxygen atoms in total. The van der Waals surface area contributed by atoms with Crippen LogP contribution in [0.1, 0.15) is 5.56 Å². The smallest absolute Gasteiger partial charge is 0.364 e. The minimum atomic E-state index is -1.61. The fourth-order valence-electron chi connectivity index (χ4n) is 0.980. The van der Waals surface area contributed by atoms with Crippen molar-refractivity contribution in [2.75, 3.05) is 7.11 Å². The molecule has 0 fully saturated rings. The highest BCUT2D eigenvalue weighted by Crippen LogP contribution is 2.25. The predicted octanol–water partition coefficient (Wildman–Crippen LogP) is 2.74. The number of rotatable bonds is 3. The standard InChI is InChI=1S/C10H8ClFO3/c1-15-9-3-2-6(4-7(9)11)5-8(12)10(13)14/h2-5H,1H3,(H,13,14). The van der Waals surface area contributed by atoms with Crippen LogP contribution in [-0.2, 0) is 4.79 Å². The predicted molar refractivity (Wildman–Crippen MR) is 54.7 cm³/mol. The lowest BCUT2D eigenvalue weighted by Gasteiger charge is -2.02. The number of halogens is 2.